The fourth-order valence-electron chi connectivity index (χ4n) is 2.94. The molecule has 1 heterocycles. The molecule has 2 fully saturated rings. The smallest absolute Gasteiger partial charge is 0.101 e. The summed E-state index contributed by atoms with van der Waals surface area (Å²) in [5.74, 6) is 0. The van der Waals surface area contributed by atoms with Crippen LogP contribution in [-0.4, -0.2) is 29.7 Å². The van der Waals surface area contributed by atoms with Crippen molar-refractivity contribution in [3.63, 3.8) is 0 Å². The second-order valence-corrected chi connectivity index (χ2v) is 6.16. The van der Waals surface area contributed by atoms with E-state index in [1.54, 1.807) is 0 Å². The van der Waals surface area contributed by atoms with Crippen molar-refractivity contribution in [3.8, 4) is 0 Å². The molecule has 0 aromatic heterocycles. The monoisotopic (exact) mass is 199 g/mol. The van der Waals surface area contributed by atoms with Crippen LogP contribution in [0.25, 0.3) is 0 Å². The van der Waals surface area contributed by atoms with Gasteiger partial charge in [-0.25, -0.2) is 4.39 Å². The van der Waals surface area contributed by atoms with Crippen molar-refractivity contribution in [2.24, 2.45) is 5.41 Å². The van der Waals surface area contributed by atoms with Gasteiger partial charge in [-0.05, 0) is 65.0 Å². The normalized spacial score (nSPS) is 29.1. The minimum Gasteiger partial charge on any atom is -0.298 e. The zero-order chi connectivity index (χ0) is 10.4. The lowest BCUT2D eigenvalue weighted by Crippen LogP contribution is -2.52. The molecule has 1 spiro atoms. The third kappa shape index (κ3) is 1.81. The fourth-order valence-corrected chi connectivity index (χ4v) is 2.94. The van der Waals surface area contributed by atoms with Gasteiger partial charge in [-0.15, -0.1) is 0 Å². The van der Waals surface area contributed by atoms with Crippen LogP contribution in [0.2, 0.25) is 0 Å². The molecule has 2 aliphatic rings. The van der Waals surface area contributed by atoms with E-state index in [0.29, 0.717) is 11.0 Å². The van der Waals surface area contributed by atoms with Crippen LogP contribution >= 0.6 is 0 Å². The van der Waals surface area contributed by atoms with E-state index < -0.39 is 6.17 Å². The zero-order valence-corrected chi connectivity index (χ0v) is 9.65. The quantitative estimate of drug-likeness (QED) is 0.579. The Morgan fingerprint density at radius 1 is 1.14 bits per heavy atom. The van der Waals surface area contributed by atoms with Gasteiger partial charge in [0.1, 0.15) is 6.17 Å². The molecule has 2 heteroatoms. The number of alkyl halides is 1. The molecule has 1 aliphatic heterocycles. The highest BCUT2D eigenvalue weighted by atomic mass is 19.1. The predicted molar refractivity (Wildman–Crippen MR) is 57.1 cm³/mol. The molecule has 0 amide bonds. The predicted octanol–water partition coefficient (Wildman–Crippen LogP) is 3.00. The highest BCUT2D eigenvalue weighted by molar-refractivity contribution is 4.98. The van der Waals surface area contributed by atoms with Gasteiger partial charge >= 0.3 is 0 Å². The largest absolute Gasteiger partial charge is 0.298 e. The Morgan fingerprint density at radius 3 is 2.00 bits per heavy atom. The molecule has 1 saturated heterocycles. The number of piperidine rings is 1. The SMILES string of the molecule is CC(C)(C)N1CCC2(CC1)CC(F)C2. The molecule has 1 nitrogen and oxygen atoms in total. The molecule has 1 aliphatic carbocycles. The van der Waals surface area contributed by atoms with Gasteiger partial charge < -0.3 is 0 Å². The summed E-state index contributed by atoms with van der Waals surface area (Å²) in [7, 11) is 0. The highest BCUT2D eigenvalue weighted by Gasteiger charge is 2.46. The van der Waals surface area contributed by atoms with Gasteiger partial charge in [0.2, 0.25) is 0 Å². The Morgan fingerprint density at radius 2 is 1.64 bits per heavy atom. The number of hydrogen-bond donors (Lipinski definition) is 0. The Bertz CT molecular complexity index is 203. The van der Waals surface area contributed by atoms with Crippen molar-refractivity contribution in [3.05, 3.63) is 0 Å². The molecule has 0 unspecified atom stereocenters. The average molecular weight is 199 g/mol. The van der Waals surface area contributed by atoms with Gasteiger partial charge in [-0.2, -0.15) is 0 Å². The molecular weight excluding hydrogens is 177 g/mol. The third-order valence-corrected chi connectivity index (χ3v) is 4.08. The first-order valence-electron chi connectivity index (χ1n) is 5.80. The molecule has 0 aromatic carbocycles. The van der Waals surface area contributed by atoms with E-state index in [2.05, 4.69) is 25.7 Å². The van der Waals surface area contributed by atoms with E-state index in [1.807, 2.05) is 0 Å². The lowest BCUT2D eigenvalue weighted by Gasteiger charge is -2.52. The van der Waals surface area contributed by atoms with E-state index in [4.69, 9.17) is 0 Å². The number of rotatable bonds is 0. The lowest BCUT2D eigenvalue weighted by atomic mass is 9.62. The summed E-state index contributed by atoms with van der Waals surface area (Å²) in [4.78, 5) is 2.53. The van der Waals surface area contributed by atoms with E-state index in [-0.39, 0.29) is 0 Å². The van der Waals surface area contributed by atoms with Gasteiger partial charge in [0, 0.05) is 5.54 Å². The molecule has 14 heavy (non-hydrogen) atoms. The van der Waals surface area contributed by atoms with Crippen LogP contribution in [0.1, 0.15) is 46.5 Å². The van der Waals surface area contributed by atoms with Gasteiger partial charge in [-0.3, -0.25) is 4.90 Å². The highest BCUT2D eigenvalue weighted by Crippen LogP contribution is 2.50. The summed E-state index contributed by atoms with van der Waals surface area (Å²) in [5.41, 5.74) is 0.696. The molecule has 0 bridgehead atoms. The minimum atomic E-state index is -0.490. The molecule has 0 radical (unpaired) electrons. The van der Waals surface area contributed by atoms with Crippen molar-refractivity contribution in [2.45, 2.75) is 58.2 Å². The summed E-state index contributed by atoms with van der Waals surface area (Å²) in [6.45, 7) is 9.13. The van der Waals surface area contributed by atoms with Crippen molar-refractivity contribution in [1.29, 1.82) is 0 Å². The van der Waals surface area contributed by atoms with Gasteiger partial charge in [0.15, 0.2) is 0 Å². The fraction of sp³-hybridized carbons (Fsp3) is 1.00. The van der Waals surface area contributed by atoms with Gasteiger partial charge in [-0.1, -0.05) is 0 Å². The van der Waals surface area contributed by atoms with Crippen molar-refractivity contribution in [2.75, 3.05) is 13.1 Å². The van der Waals surface area contributed by atoms with E-state index in [0.717, 1.165) is 25.9 Å². The summed E-state index contributed by atoms with van der Waals surface area (Å²) in [6, 6.07) is 0. The van der Waals surface area contributed by atoms with Crippen LogP contribution in [0.15, 0.2) is 0 Å². The van der Waals surface area contributed by atoms with Crippen LogP contribution < -0.4 is 0 Å². The van der Waals surface area contributed by atoms with Crippen molar-refractivity contribution >= 4 is 0 Å². The van der Waals surface area contributed by atoms with E-state index >= 15 is 0 Å². The topological polar surface area (TPSA) is 3.24 Å². The second kappa shape index (κ2) is 3.19. The maximum absolute atomic E-state index is 12.9. The summed E-state index contributed by atoms with van der Waals surface area (Å²) in [6.07, 6.45) is 3.61. The first kappa shape index (κ1) is 10.4. The van der Waals surface area contributed by atoms with Crippen molar-refractivity contribution < 1.29 is 4.39 Å². The number of hydrogen-bond acceptors (Lipinski definition) is 1. The molecular formula is C12H22FN. The lowest BCUT2D eigenvalue weighted by molar-refractivity contribution is -0.0469. The summed E-state index contributed by atoms with van der Waals surface area (Å²) < 4.78 is 12.9. The van der Waals surface area contributed by atoms with Crippen LogP contribution in [-0.2, 0) is 0 Å². The Balaban J connectivity index is 1.87. The zero-order valence-electron chi connectivity index (χ0n) is 9.65. The van der Waals surface area contributed by atoms with Gasteiger partial charge in [0.05, 0.1) is 0 Å². The Labute approximate surface area is 86.7 Å². The van der Waals surface area contributed by atoms with Crippen LogP contribution in [0.4, 0.5) is 4.39 Å². The Kier molecular flexibility index (Phi) is 2.37. The second-order valence-electron chi connectivity index (χ2n) is 6.16. The first-order chi connectivity index (χ1) is 6.41. The number of nitrogens with zero attached hydrogens (tertiary/aromatic N) is 1. The third-order valence-electron chi connectivity index (χ3n) is 4.08. The molecule has 0 atom stereocenters. The number of halogens is 1. The van der Waals surface area contributed by atoms with Crippen LogP contribution in [0.5, 0.6) is 0 Å². The molecule has 0 N–H and O–H groups in total. The maximum Gasteiger partial charge on any atom is 0.101 e. The molecule has 0 aromatic rings. The minimum absolute atomic E-state index is 0.292. The standard InChI is InChI=1S/C12H22FN/c1-11(2,3)14-6-4-12(5-7-14)8-10(13)9-12/h10H,4-9H2,1-3H3. The van der Waals surface area contributed by atoms with Crippen LogP contribution in [0.3, 0.4) is 0 Å². The van der Waals surface area contributed by atoms with E-state index in [9.17, 15) is 4.39 Å². The Hall–Kier alpha value is -0.110. The van der Waals surface area contributed by atoms with E-state index in [1.165, 1.54) is 12.8 Å². The first-order valence-corrected chi connectivity index (χ1v) is 5.80. The maximum atomic E-state index is 12.9. The average Bonchev–Trinajstić information content (AvgIpc) is 2.01. The molecule has 82 valence electrons. The van der Waals surface area contributed by atoms with Crippen LogP contribution in [0, 0.1) is 5.41 Å². The van der Waals surface area contributed by atoms with Gasteiger partial charge in [0.25, 0.3) is 0 Å². The molecule has 2 rings (SSSR count). The number of likely N-dealkylation sites (tertiary alicyclic amines) is 1. The molecule has 1 saturated carbocycles. The van der Waals surface area contributed by atoms with Crippen molar-refractivity contribution in [1.82, 2.24) is 4.90 Å². The summed E-state index contributed by atoms with van der Waals surface area (Å²) >= 11 is 0. The summed E-state index contributed by atoms with van der Waals surface area (Å²) in [5, 5.41) is 0.